The maximum absolute atomic E-state index is 13.1. The van der Waals surface area contributed by atoms with E-state index in [0.29, 0.717) is 51.0 Å². The van der Waals surface area contributed by atoms with Gasteiger partial charge >= 0.3 is 6.09 Å². The van der Waals surface area contributed by atoms with Crippen molar-refractivity contribution in [2.24, 2.45) is 11.8 Å². The topological polar surface area (TPSA) is 109 Å². The Morgan fingerprint density at radius 1 is 1.19 bits per heavy atom. The molecule has 0 aromatic rings. The van der Waals surface area contributed by atoms with Crippen LogP contribution >= 0.6 is 0 Å². The average molecular weight is 457 g/mol. The molecule has 2 N–H and O–H groups in total. The maximum atomic E-state index is 13.1. The van der Waals surface area contributed by atoms with Crippen molar-refractivity contribution in [3.05, 3.63) is 0 Å². The summed E-state index contributed by atoms with van der Waals surface area (Å²) in [5.74, 6) is 0.303. The van der Waals surface area contributed by atoms with E-state index >= 15 is 0 Å². The number of nitrogens with one attached hydrogen (secondary N) is 2. The highest BCUT2D eigenvalue weighted by atomic mass is 16.7. The highest BCUT2D eigenvalue weighted by Crippen LogP contribution is 2.19. The van der Waals surface area contributed by atoms with Gasteiger partial charge in [-0.2, -0.15) is 0 Å². The number of hydrogen-bond acceptors (Lipinski definition) is 8. The standard InChI is InChI=1S/C22H40N4O6/c1-15(2)16(3)6-7-17(23-22(29)32-26-10-12-30-13-11-26)21(28)24-20-18(27)14-31-19(20)8-9-25(4)5/h15-17,19-20H,6-14H2,1-5H3,(H,23,29)(H,24,28)/t16?,17-,19?,20?/m0/s1. The summed E-state index contributed by atoms with van der Waals surface area (Å²) in [6, 6.07) is -1.50. The molecule has 32 heavy (non-hydrogen) atoms. The summed E-state index contributed by atoms with van der Waals surface area (Å²) >= 11 is 0. The van der Waals surface area contributed by atoms with Crippen LogP contribution in [0.15, 0.2) is 0 Å². The lowest BCUT2D eigenvalue weighted by Gasteiger charge is -2.27. The molecule has 0 aromatic carbocycles. The number of morpholine rings is 1. The van der Waals surface area contributed by atoms with Gasteiger partial charge in [-0.05, 0) is 45.2 Å². The van der Waals surface area contributed by atoms with Crippen LogP contribution in [0.2, 0.25) is 0 Å². The number of ketones is 1. The minimum Gasteiger partial charge on any atom is -0.379 e. The Kier molecular flexibility index (Phi) is 10.8. The molecule has 4 atom stereocenters. The Morgan fingerprint density at radius 2 is 1.88 bits per heavy atom. The van der Waals surface area contributed by atoms with Gasteiger partial charge in [-0.3, -0.25) is 9.59 Å². The number of hydrogen-bond donors (Lipinski definition) is 2. The molecule has 184 valence electrons. The van der Waals surface area contributed by atoms with Gasteiger partial charge in [0, 0.05) is 6.54 Å². The Hall–Kier alpha value is -1.75. The minimum absolute atomic E-state index is 0.00933. The van der Waals surface area contributed by atoms with Crippen molar-refractivity contribution in [1.29, 1.82) is 0 Å². The predicted molar refractivity (Wildman–Crippen MR) is 119 cm³/mol. The van der Waals surface area contributed by atoms with E-state index in [0.717, 1.165) is 13.0 Å². The molecule has 2 saturated heterocycles. The Labute approximate surface area is 191 Å². The van der Waals surface area contributed by atoms with Gasteiger partial charge in [-0.25, -0.2) is 4.79 Å². The van der Waals surface area contributed by atoms with Crippen molar-refractivity contribution in [2.45, 2.75) is 58.2 Å². The number of carbonyl (C=O) groups is 3. The average Bonchev–Trinajstić information content (AvgIpc) is 3.09. The molecule has 2 aliphatic rings. The normalized spacial score (nSPS) is 23.9. The zero-order valence-electron chi connectivity index (χ0n) is 20.1. The van der Waals surface area contributed by atoms with Crippen molar-refractivity contribution in [3.8, 4) is 0 Å². The quantitative estimate of drug-likeness (QED) is 0.470. The summed E-state index contributed by atoms with van der Waals surface area (Å²) in [6.07, 6.45) is 0.790. The molecule has 2 heterocycles. The summed E-state index contributed by atoms with van der Waals surface area (Å²) in [4.78, 5) is 45.2. The molecule has 10 heteroatoms. The number of hydroxylamine groups is 2. The van der Waals surface area contributed by atoms with E-state index < -0.39 is 24.1 Å². The van der Waals surface area contributed by atoms with Gasteiger partial charge in [0.1, 0.15) is 18.7 Å². The third-order valence-electron chi connectivity index (χ3n) is 6.16. The Bertz CT molecular complexity index is 624. The van der Waals surface area contributed by atoms with E-state index in [-0.39, 0.29) is 18.5 Å². The van der Waals surface area contributed by atoms with Crippen molar-refractivity contribution >= 4 is 17.8 Å². The Morgan fingerprint density at radius 3 is 2.50 bits per heavy atom. The number of nitrogens with zero attached hydrogens (tertiary/aromatic N) is 2. The first-order valence-electron chi connectivity index (χ1n) is 11.6. The molecular formula is C22H40N4O6. The first-order valence-corrected chi connectivity index (χ1v) is 11.6. The fourth-order valence-electron chi connectivity index (χ4n) is 3.60. The lowest BCUT2D eigenvalue weighted by molar-refractivity contribution is -0.147. The highest BCUT2D eigenvalue weighted by molar-refractivity contribution is 5.94. The molecule has 10 nitrogen and oxygen atoms in total. The van der Waals surface area contributed by atoms with Crippen LogP contribution in [0, 0.1) is 11.8 Å². The molecule has 0 radical (unpaired) electrons. The summed E-state index contributed by atoms with van der Waals surface area (Å²) in [6.45, 7) is 9.05. The van der Waals surface area contributed by atoms with Crippen LogP contribution in [-0.2, 0) is 23.9 Å². The van der Waals surface area contributed by atoms with Crippen LogP contribution in [0.5, 0.6) is 0 Å². The molecule has 0 saturated carbocycles. The van der Waals surface area contributed by atoms with Crippen LogP contribution in [-0.4, -0.2) is 99.5 Å². The van der Waals surface area contributed by atoms with Crippen molar-refractivity contribution in [1.82, 2.24) is 20.6 Å². The van der Waals surface area contributed by atoms with Crippen LogP contribution in [0.4, 0.5) is 4.79 Å². The number of carbonyl (C=O) groups excluding carboxylic acids is 3. The largest absolute Gasteiger partial charge is 0.426 e. The van der Waals surface area contributed by atoms with E-state index in [4.69, 9.17) is 14.3 Å². The summed E-state index contributed by atoms with van der Waals surface area (Å²) in [5, 5.41) is 7.05. The number of rotatable bonds is 11. The van der Waals surface area contributed by atoms with E-state index in [1.54, 1.807) is 0 Å². The number of ether oxygens (including phenoxy) is 2. The third kappa shape index (κ3) is 8.65. The summed E-state index contributed by atoms with van der Waals surface area (Å²) < 4.78 is 10.9. The monoisotopic (exact) mass is 456 g/mol. The zero-order chi connectivity index (χ0) is 23.7. The van der Waals surface area contributed by atoms with Gasteiger partial charge in [0.25, 0.3) is 0 Å². The fourth-order valence-corrected chi connectivity index (χ4v) is 3.60. The van der Waals surface area contributed by atoms with Gasteiger partial charge in [-0.15, -0.1) is 5.06 Å². The van der Waals surface area contributed by atoms with Gasteiger partial charge in [0.15, 0.2) is 5.78 Å². The lowest BCUT2D eigenvalue weighted by Crippen LogP contribution is -2.54. The third-order valence-corrected chi connectivity index (χ3v) is 6.16. The van der Waals surface area contributed by atoms with E-state index in [2.05, 4.69) is 31.4 Å². The van der Waals surface area contributed by atoms with E-state index in [9.17, 15) is 14.4 Å². The molecule has 2 aliphatic heterocycles. The molecule has 2 fully saturated rings. The maximum Gasteiger partial charge on any atom is 0.426 e. The lowest BCUT2D eigenvalue weighted by atomic mass is 9.91. The molecule has 0 bridgehead atoms. The SMILES string of the molecule is CC(C)C(C)CC[C@H](NC(=O)ON1CCOCC1)C(=O)NC1C(=O)COC1CCN(C)C. The van der Waals surface area contributed by atoms with E-state index in [1.807, 2.05) is 19.0 Å². The van der Waals surface area contributed by atoms with Crippen LogP contribution in [0.25, 0.3) is 0 Å². The molecule has 0 aliphatic carbocycles. The molecular weight excluding hydrogens is 416 g/mol. The van der Waals surface area contributed by atoms with Gasteiger partial charge < -0.3 is 29.8 Å². The predicted octanol–water partition coefficient (Wildman–Crippen LogP) is 0.805. The number of Topliss-reactive ketones (excluding diaryl/α,β-unsaturated/α-hetero) is 1. The minimum atomic E-state index is -0.798. The molecule has 3 unspecified atom stereocenters. The second-order valence-corrected chi connectivity index (χ2v) is 9.31. The summed E-state index contributed by atoms with van der Waals surface area (Å²) in [5.41, 5.74) is 0. The van der Waals surface area contributed by atoms with Gasteiger partial charge in [-0.1, -0.05) is 20.8 Å². The van der Waals surface area contributed by atoms with Crippen LogP contribution in [0.1, 0.15) is 40.0 Å². The van der Waals surface area contributed by atoms with Crippen molar-refractivity contribution in [2.75, 3.05) is 53.6 Å². The second-order valence-electron chi connectivity index (χ2n) is 9.31. The fraction of sp³-hybridized carbons (Fsp3) is 0.864. The first kappa shape index (κ1) is 26.5. The van der Waals surface area contributed by atoms with Crippen LogP contribution < -0.4 is 10.6 Å². The van der Waals surface area contributed by atoms with E-state index in [1.165, 1.54) is 5.06 Å². The zero-order valence-corrected chi connectivity index (χ0v) is 20.1. The highest BCUT2D eigenvalue weighted by Gasteiger charge is 2.38. The molecule has 2 amide bonds. The van der Waals surface area contributed by atoms with Crippen LogP contribution in [0.3, 0.4) is 0 Å². The van der Waals surface area contributed by atoms with Crippen molar-refractivity contribution < 1.29 is 28.7 Å². The first-order chi connectivity index (χ1) is 15.2. The van der Waals surface area contributed by atoms with Crippen molar-refractivity contribution in [3.63, 3.8) is 0 Å². The molecule has 0 aromatic heterocycles. The second kappa shape index (κ2) is 13.1. The smallest absolute Gasteiger partial charge is 0.379 e. The van der Waals surface area contributed by atoms with Gasteiger partial charge in [0.05, 0.1) is 32.4 Å². The molecule has 2 rings (SSSR count). The van der Waals surface area contributed by atoms with Gasteiger partial charge in [0.2, 0.25) is 5.91 Å². The Balaban J connectivity index is 1.99. The number of amides is 2. The summed E-state index contributed by atoms with van der Waals surface area (Å²) in [7, 11) is 3.89. The molecule has 0 spiro atoms.